The molecule has 0 bridgehead atoms. The topological polar surface area (TPSA) is 416 Å². The summed E-state index contributed by atoms with van der Waals surface area (Å²) in [6.07, 6.45) is 9.40. The Morgan fingerprint density at radius 2 is 0.970 bits per heavy atom. The van der Waals surface area contributed by atoms with E-state index in [0.717, 1.165) is 71.1 Å². The number of anilines is 2. The molecule has 568 valence electrons. The number of halogens is 3. The first-order chi connectivity index (χ1) is 45.3. The largest absolute Gasteiger partial charge is 0.476 e. The highest BCUT2D eigenvalue weighted by molar-refractivity contribution is 7.88. The Bertz CT molecular complexity index is 4040. The number of ketones is 1. The van der Waals surface area contributed by atoms with Crippen molar-refractivity contribution in [2.24, 2.45) is 29.4 Å². The highest BCUT2D eigenvalue weighted by Crippen LogP contribution is 2.33. The van der Waals surface area contributed by atoms with Crippen LogP contribution in [0.2, 0.25) is 0 Å². The number of ether oxygens (including phenoxy) is 2. The number of fused-ring (bicyclic) bond motifs is 4. The zero-order valence-corrected chi connectivity index (χ0v) is 58.1. The molecule has 0 radical (unpaired) electrons. The van der Waals surface area contributed by atoms with Crippen LogP contribution in [0.5, 0.6) is 0 Å². The second kappa shape index (κ2) is 37.1. The Labute approximate surface area is 589 Å². The number of Topliss-reactive ketones (excluding diaryl/α,β-unsaturated/α-hetero) is 1. The van der Waals surface area contributed by atoms with Gasteiger partial charge in [-0.25, -0.2) is 62.9 Å². The smallest absolute Gasteiger partial charge is 0.446 e. The van der Waals surface area contributed by atoms with Gasteiger partial charge in [0, 0.05) is 108 Å². The number of nitrogens with two attached hydrogens (primary N) is 1. The van der Waals surface area contributed by atoms with Gasteiger partial charge in [-0.1, -0.05) is 40.0 Å². The van der Waals surface area contributed by atoms with Gasteiger partial charge in [-0.3, -0.25) is 19.2 Å². The van der Waals surface area contributed by atoms with Crippen LogP contribution in [0.4, 0.5) is 24.8 Å². The van der Waals surface area contributed by atoms with Gasteiger partial charge >= 0.3 is 24.1 Å². The molecule has 12 rings (SSSR count). The molecule has 6 aliphatic heterocycles. The van der Waals surface area contributed by atoms with Crippen LogP contribution in [0.3, 0.4) is 0 Å². The van der Waals surface area contributed by atoms with Gasteiger partial charge in [0.15, 0.2) is 17.2 Å². The van der Waals surface area contributed by atoms with Crippen molar-refractivity contribution >= 4 is 93.7 Å². The first-order valence-corrected chi connectivity index (χ1v) is 36.8. The maximum absolute atomic E-state index is 12.8. The number of aromatic carboxylic acids is 1. The van der Waals surface area contributed by atoms with E-state index >= 15 is 0 Å². The van der Waals surface area contributed by atoms with Crippen LogP contribution in [0.25, 0.3) is 22.1 Å². The maximum Gasteiger partial charge on any atom is 0.446 e. The van der Waals surface area contributed by atoms with Gasteiger partial charge in [-0.2, -0.15) is 13.2 Å². The summed E-state index contributed by atoms with van der Waals surface area (Å²) in [4.78, 5) is 82.8. The molecule has 0 aliphatic carbocycles. The minimum atomic E-state index is -4.64. The van der Waals surface area contributed by atoms with Gasteiger partial charge in [0.05, 0.1) is 42.6 Å². The number of nitrogens with zero attached hydrogens (tertiary/aromatic N) is 11. The van der Waals surface area contributed by atoms with Gasteiger partial charge in [-0.15, -0.1) is 0 Å². The number of carboxylic acid groups (broad SMARTS) is 1. The number of carbonyl (C=O) groups excluding carboxylic acids is 4. The number of nitrogens with one attached hydrogen (secondary N) is 3. The molecule has 4 fully saturated rings. The third-order valence-corrected chi connectivity index (χ3v) is 19.7. The Hall–Kier alpha value is -7.55. The van der Waals surface area contributed by atoms with E-state index in [0.29, 0.717) is 139 Å². The minimum absolute atomic E-state index is 0. The number of sulfonamides is 3. The van der Waals surface area contributed by atoms with E-state index in [4.69, 9.17) is 34.2 Å². The molecule has 31 nitrogen and oxygen atoms in total. The van der Waals surface area contributed by atoms with Crippen molar-refractivity contribution in [3.8, 4) is 0 Å². The number of hydrogen-bond acceptors (Lipinski definition) is 25. The van der Waals surface area contributed by atoms with Crippen molar-refractivity contribution < 1.29 is 86.0 Å². The second-order valence-electron chi connectivity index (χ2n) is 26.4. The fourth-order valence-corrected chi connectivity index (χ4v) is 13.6. The van der Waals surface area contributed by atoms with Crippen molar-refractivity contribution in [1.82, 2.24) is 58.4 Å². The van der Waals surface area contributed by atoms with E-state index in [1.165, 1.54) is 44.3 Å². The quantitative estimate of drug-likeness (QED) is 0.0347. The Morgan fingerprint density at radius 3 is 1.32 bits per heavy atom. The third kappa shape index (κ3) is 26.0. The average Bonchev–Trinajstić information content (AvgIpc) is 1.69. The average molecular weight is 1490 g/mol. The first kappa shape index (κ1) is 87.7. The fourth-order valence-electron chi connectivity index (χ4n) is 10.7. The molecular formula is C64H102F3N15O16S3. The number of rotatable bonds is 17. The number of esters is 2. The van der Waals surface area contributed by atoms with E-state index in [9.17, 15) is 57.6 Å². The Kier molecular flexibility index (Phi) is 32.2. The molecule has 6 aromatic heterocycles. The Balaban J connectivity index is 0.000000333. The zero-order valence-electron chi connectivity index (χ0n) is 55.6. The van der Waals surface area contributed by atoms with Gasteiger partial charge in [0.25, 0.3) is 0 Å². The molecule has 0 unspecified atom stereocenters. The van der Waals surface area contributed by atoms with E-state index < -0.39 is 54.1 Å². The summed E-state index contributed by atoms with van der Waals surface area (Å²) in [5, 5.41) is 21.9. The summed E-state index contributed by atoms with van der Waals surface area (Å²) in [5.74, 6) is 3.15. The van der Waals surface area contributed by atoms with Crippen molar-refractivity contribution in [2.45, 2.75) is 153 Å². The number of aromatic amines is 2. The van der Waals surface area contributed by atoms with Crippen LogP contribution in [0.15, 0.2) is 46.2 Å². The molecule has 0 amide bonds. The molecule has 0 saturated carbocycles. The number of H-pyrrole nitrogens is 2. The number of aromatic nitrogens is 8. The van der Waals surface area contributed by atoms with Crippen molar-refractivity contribution in [2.75, 3.05) is 101 Å². The summed E-state index contributed by atoms with van der Waals surface area (Å²) >= 11 is 0. The first-order valence-electron chi connectivity index (χ1n) is 31.3. The predicted molar refractivity (Wildman–Crippen MR) is 375 cm³/mol. The molecule has 12 heterocycles. The van der Waals surface area contributed by atoms with E-state index in [2.05, 4.69) is 50.4 Å². The number of carboxylic acids is 1. The van der Waals surface area contributed by atoms with Crippen LogP contribution in [0.1, 0.15) is 153 Å². The normalized spacial score (nSPS) is 16.7. The van der Waals surface area contributed by atoms with Crippen molar-refractivity contribution in [1.29, 1.82) is 0 Å². The lowest BCUT2D eigenvalue weighted by molar-refractivity contribution is -0.156. The summed E-state index contributed by atoms with van der Waals surface area (Å²) in [6, 6.07) is 3.85. The molecule has 101 heavy (non-hydrogen) atoms. The minimum Gasteiger partial charge on any atom is -0.476 e. The van der Waals surface area contributed by atoms with Crippen molar-refractivity contribution in [3.05, 3.63) is 71.2 Å². The van der Waals surface area contributed by atoms with Crippen molar-refractivity contribution in [3.63, 3.8) is 0 Å². The van der Waals surface area contributed by atoms with E-state index in [1.807, 2.05) is 64.8 Å². The highest BCUT2D eigenvalue weighted by Gasteiger charge is 2.37. The molecule has 6 aromatic rings. The third-order valence-electron chi connectivity index (χ3n) is 16.0. The Morgan fingerprint density at radius 1 is 0.604 bits per heavy atom. The van der Waals surface area contributed by atoms with E-state index in [-0.39, 0.29) is 70.6 Å². The molecule has 0 aromatic carbocycles. The molecule has 4 saturated heterocycles. The summed E-state index contributed by atoms with van der Waals surface area (Å²) in [5.41, 5.74) is 7.87. The molecule has 6 aliphatic rings. The van der Waals surface area contributed by atoms with Gasteiger partial charge in [0.2, 0.25) is 36.4 Å². The molecule has 37 heteroatoms. The lowest BCUT2D eigenvalue weighted by atomic mass is 9.94. The lowest BCUT2D eigenvalue weighted by Crippen LogP contribution is -2.51. The summed E-state index contributed by atoms with van der Waals surface area (Å²) in [7, 11) is -9.11. The zero-order chi connectivity index (χ0) is 71.4. The number of aldehydes is 1. The van der Waals surface area contributed by atoms with Gasteiger partial charge < -0.3 is 54.4 Å². The monoisotopic (exact) mass is 1490 g/mol. The second-order valence-corrected chi connectivity index (χ2v) is 32.3. The number of carbonyl (C=O) groups is 5. The number of hydrogen-bond donors (Lipinski definition) is 5. The van der Waals surface area contributed by atoms with Crippen LogP contribution in [0, 0.1) is 23.7 Å². The van der Waals surface area contributed by atoms with Crippen LogP contribution in [-0.4, -0.2) is 222 Å². The number of alkyl halides is 3. The molecule has 0 spiro atoms. The van der Waals surface area contributed by atoms with Gasteiger partial charge in [0.1, 0.15) is 58.3 Å². The van der Waals surface area contributed by atoms with Crippen LogP contribution in [-0.2, 0) is 79.9 Å². The van der Waals surface area contributed by atoms with Gasteiger partial charge in [-0.05, 0) is 116 Å². The molecule has 6 N–H and O–H groups in total. The van der Waals surface area contributed by atoms with Crippen LogP contribution < -0.4 is 20.9 Å². The fraction of sp³-hybridized carbons (Fsp3) is 0.641. The lowest BCUT2D eigenvalue weighted by Gasteiger charge is -2.37. The SMILES string of the molecule is C.C.C.C.CC(C)(C)OC(=O)CCC1CN(S(C)(=O)=O)C1.CC(C)(C)OC(=O)CCC1CNC1.CS(=O)(=O)N1CC(CCC(=O)c2noc3c2CN(c2ncnc4[nH]ccc24)CC3)C1.CS(=O)(=O)N1CC(CN)C1.O=C(O)c1noc2c1CN(c1ncnc3[nH]ccc13)CC2.O=CC(F)(F)F. The summed E-state index contributed by atoms with van der Waals surface area (Å²) in [6.45, 7) is 19.5. The van der Waals surface area contributed by atoms with Crippen LogP contribution >= 0.6 is 0 Å². The van der Waals surface area contributed by atoms with E-state index in [1.54, 1.807) is 6.20 Å². The maximum atomic E-state index is 12.8. The summed E-state index contributed by atoms with van der Waals surface area (Å²) < 4.78 is 123. The molecular weight excluding hydrogens is 1390 g/mol. The highest BCUT2D eigenvalue weighted by atomic mass is 32.2. The standard InChI is InChI=1S/C19H22N6O4S.C13H11N5O3.C11H21NO4S.C10H19NO2.C5H12N2O2S.C2HF3O.4CH4/c1-30(27,28)25-8-12(9-25)2-3-15(26)17-14-10-24(7-5-16(14)29-23-17)19-13-4-6-20-18(13)21-11-22-19;19-13(20)10-8-5-18(4-2-9(8)21-17-10)12-7-1-3-14-11(7)15-6-16-12;1-11(2,3)16-10(13)6-5-9-7-12(8-9)17(4,14)15;1-10(2,3)13-9(12)5-4-8-6-11-7-8;1-10(8,9)7-3-5(2-6)4-7;3-2(4,5)1-6;;;;/h4,6,11-12H,2-3,5,7-10H2,1H3,(H,20,21,22);1,3,6H,2,4-5H2,(H,19,20)(H,14,15,16);9H,5-8H2,1-4H3;8,11H,4-7H2,1-3H3;5H,2-4,6H2,1H3;1H;4*1H4. The molecule has 0 atom stereocenters. The predicted octanol–water partition coefficient (Wildman–Crippen LogP) is 7.03.